The summed E-state index contributed by atoms with van der Waals surface area (Å²) in [5, 5.41) is 0. The summed E-state index contributed by atoms with van der Waals surface area (Å²) >= 11 is 0. The molecule has 4 heterocycles. The van der Waals surface area contributed by atoms with Crippen LogP contribution in [0, 0.1) is 5.92 Å². The van der Waals surface area contributed by atoms with Gasteiger partial charge < -0.3 is 14.7 Å². The largest absolute Gasteiger partial charge is 0.355 e. The molecular formula is C19H29N5O. The fourth-order valence-electron chi connectivity index (χ4n) is 4.48. The van der Waals surface area contributed by atoms with Crippen LogP contribution in [-0.2, 0) is 17.8 Å². The zero-order valence-electron chi connectivity index (χ0n) is 15.3. The highest BCUT2D eigenvalue weighted by atomic mass is 16.2. The van der Waals surface area contributed by atoms with Gasteiger partial charge in [0.25, 0.3) is 0 Å². The highest BCUT2D eigenvalue weighted by Crippen LogP contribution is 2.29. The van der Waals surface area contributed by atoms with Crippen molar-refractivity contribution in [2.45, 2.75) is 45.1 Å². The first kappa shape index (κ1) is 16.8. The van der Waals surface area contributed by atoms with Crippen molar-refractivity contribution in [2.75, 3.05) is 44.7 Å². The fourth-order valence-corrected chi connectivity index (χ4v) is 4.48. The second-order valence-electron chi connectivity index (χ2n) is 7.78. The van der Waals surface area contributed by atoms with Gasteiger partial charge in [0.05, 0.1) is 11.6 Å². The topological polar surface area (TPSA) is 52.6 Å². The maximum atomic E-state index is 12.9. The Kier molecular flexibility index (Phi) is 4.88. The van der Waals surface area contributed by atoms with Crippen molar-refractivity contribution >= 4 is 11.7 Å². The van der Waals surface area contributed by atoms with E-state index in [4.69, 9.17) is 0 Å². The zero-order chi connectivity index (χ0) is 17.2. The number of likely N-dealkylation sites (N-methyl/N-ethyl adjacent to an activating group) is 1. The molecule has 25 heavy (non-hydrogen) atoms. The van der Waals surface area contributed by atoms with Gasteiger partial charge in [0.2, 0.25) is 5.91 Å². The van der Waals surface area contributed by atoms with Crippen molar-refractivity contribution in [1.82, 2.24) is 19.8 Å². The maximum absolute atomic E-state index is 12.9. The molecule has 1 amide bonds. The third-order valence-electron chi connectivity index (χ3n) is 5.91. The SMILES string of the molecule is CN1CCc2ncnc(N3CCC[C@@H](C(=O)N4CCCCC4)C3)c2C1. The molecule has 3 aliphatic heterocycles. The summed E-state index contributed by atoms with van der Waals surface area (Å²) in [6.07, 6.45) is 8.36. The number of piperidine rings is 2. The summed E-state index contributed by atoms with van der Waals surface area (Å²) in [7, 11) is 2.15. The summed E-state index contributed by atoms with van der Waals surface area (Å²) < 4.78 is 0. The Bertz CT molecular complexity index is 628. The van der Waals surface area contributed by atoms with E-state index in [9.17, 15) is 4.79 Å². The van der Waals surface area contributed by atoms with E-state index in [0.717, 1.165) is 77.2 Å². The molecule has 6 heteroatoms. The van der Waals surface area contributed by atoms with Crippen molar-refractivity contribution in [3.8, 4) is 0 Å². The number of amides is 1. The molecular weight excluding hydrogens is 314 g/mol. The summed E-state index contributed by atoms with van der Waals surface area (Å²) in [5.74, 6) is 1.55. The van der Waals surface area contributed by atoms with E-state index >= 15 is 0 Å². The molecule has 0 N–H and O–H groups in total. The lowest BCUT2D eigenvalue weighted by Crippen LogP contribution is -2.47. The smallest absolute Gasteiger partial charge is 0.227 e. The van der Waals surface area contributed by atoms with Gasteiger partial charge >= 0.3 is 0 Å². The van der Waals surface area contributed by atoms with Crippen LogP contribution in [0.25, 0.3) is 0 Å². The zero-order valence-corrected chi connectivity index (χ0v) is 15.3. The lowest BCUT2D eigenvalue weighted by molar-refractivity contribution is -0.136. The Balaban J connectivity index is 1.51. The molecule has 4 rings (SSSR count). The number of nitrogens with zero attached hydrogens (tertiary/aromatic N) is 5. The molecule has 0 spiro atoms. The van der Waals surface area contributed by atoms with Gasteiger partial charge in [-0.15, -0.1) is 0 Å². The van der Waals surface area contributed by atoms with Gasteiger partial charge in [-0.25, -0.2) is 9.97 Å². The first-order valence-electron chi connectivity index (χ1n) is 9.77. The van der Waals surface area contributed by atoms with E-state index in [2.05, 4.69) is 31.7 Å². The number of carbonyl (C=O) groups is 1. The number of likely N-dealkylation sites (tertiary alicyclic amines) is 1. The van der Waals surface area contributed by atoms with E-state index in [0.29, 0.717) is 5.91 Å². The number of anilines is 1. The van der Waals surface area contributed by atoms with Crippen LogP contribution in [0.15, 0.2) is 6.33 Å². The average molecular weight is 343 g/mol. The number of aromatic nitrogens is 2. The molecule has 1 aromatic rings. The molecule has 136 valence electrons. The maximum Gasteiger partial charge on any atom is 0.227 e. The molecule has 2 saturated heterocycles. The highest BCUT2D eigenvalue weighted by Gasteiger charge is 2.32. The lowest BCUT2D eigenvalue weighted by Gasteiger charge is -2.38. The molecule has 0 aromatic carbocycles. The third kappa shape index (κ3) is 3.50. The number of hydrogen-bond donors (Lipinski definition) is 0. The minimum Gasteiger partial charge on any atom is -0.355 e. The quantitative estimate of drug-likeness (QED) is 0.818. The van der Waals surface area contributed by atoms with Gasteiger partial charge in [-0.2, -0.15) is 0 Å². The predicted octanol–water partition coefficient (Wildman–Crippen LogP) is 1.69. The van der Waals surface area contributed by atoms with Crippen molar-refractivity contribution in [2.24, 2.45) is 5.92 Å². The Morgan fingerprint density at radius 3 is 2.76 bits per heavy atom. The first-order valence-corrected chi connectivity index (χ1v) is 9.77. The number of fused-ring (bicyclic) bond motifs is 1. The van der Waals surface area contributed by atoms with Crippen LogP contribution >= 0.6 is 0 Å². The third-order valence-corrected chi connectivity index (χ3v) is 5.91. The molecule has 6 nitrogen and oxygen atoms in total. The predicted molar refractivity (Wildman–Crippen MR) is 97.4 cm³/mol. The van der Waals surface area contributed by atoms with Crippen molar-refractivity contribution in [1.29, 1.82) is 0 Å². The van der Waals surface area contributed by atoms with Crippen LogP contribution in [0.5, 0.6) is 0 Å². The lowest BCUT2D eigenvalue weighted by atomic mass is 9.94. The molecule has 0 bridgehead atoms. The van der Waals surface area contributed by atoms with Gasteiger partial charge in [0, 0.05) is 51.3 Å². The molecule has 1 aromatic heterocycles. The van der Waals surface area contributed by atoms with E-state index in [1.807, 2.05) is 0 Å². The molecule has 0 unspecified atom stereocenters. The highest BCUT2D eigenvalue weighted by molar-refractivity contribution is 5.80. The van der Waals surface area contributed by atoms with E-state index in [1.54, 1.807) is 6.33 Å². The van der Waals surface area contributed by atoms with Crippen molar-refractivity contribution in [3.63, 3.8) is 0 Å². The summed E-state index contributed by atoms with van der Waals surface area (Å²) in [6.45, 7) is 5.66. The molecule has 0 saturated carbocycles. The van der Waals surface area contributed by atoms with E-state index < -0.39 is 0 Å². The normalized spacial score (nSPS) is 24.9. The van der Waals surface area contributed by atoms with Gasteiger partial charge in [-0.05, 0) is 39.2 Å². The van der Waals surface area contributed by atoms with Crippen LogP contribution in [-0.4, -0.2) is 65.4 Å². The van der Waals surface area contributed by atoms with E-state index in [-0.39, 0.29) is 5.92 Å². The summed E-state index contributed by atoms with van der Waals surface area (Å²) in [5.41, 5.74) is 2.45. The Morgan fingerprint density at radius 2 is 1.92 bits per heavy atom. The van der Waals surface area contributed by atoms with Crippen LogP contribution in [0.2, 0.25) is 0 Å². The molecule has 0 aliphatic carbocycles. The van der Waals surface area contributed by atoms with Gasteiger partial charge in [-0.1, -0.05) is 0 Å². The second-order valence-corrected chi connectivity index (χ2v) is 7.78. The second kappa shape index (κ2) is 7.28. The minimum absolute atomic E-state index is 0.124. The minimum atomic E-state index is 0.124. The monoisotopic (exact) mass is 343 g/mol. The first-order chi connectivity index (χ1) is 12.2. The van der Waals surface area contributed by atoms with Crippen molar-refractivity contribution < 1.29 is 4.79 Å². The molecule has 2 fully saturated rings. The Labute approximate surface area is 150 Å². The van der Waals surface area contributed by atoms with Crippen LogP contribution in [0.4, 0.5) is 5.82 Å². The van der Waals surface area contributed by atoms with Crippen LogP contribution in [0.3, 0.4) is 0 Å². The van der Waals surface area contributed by atoms with E-state index in [1.165, 1.54) is 17.7 Å². The fraction of sp³-hybridized carbons (Fsp3) is 0.737. The number of rotatable bonds is 2. The molecule has 1 atom stereocenters. The van der Waals surface area contributed by atoms with Gasteiger partial charge in [0.1, 0.15) is 12.1 Å². The standard InChI is InChI=1S/C19H29N5O/c1-22-11-7-17-16(13-22)18(21-14-20-17)24-10-5-6-15(12-24)19(25)23-8-3-2-4-9-23/h14-15H,2-13H2,1H3/t15-/m1/s1. The van der Waals surface area contributed by atoms with Crippen LogP contribution in [0.1, 0.15) is 43.4 Å². The number of hydrogen-bond acceptors (Lipinski definition) is 5. The van der Waals surface area contributed by atoms with Crippen LogP contribution < -0.4 is 4.90 Å². The Morgan fingerprint density at radius 1 is 1.08 bits per heavy atom. The number of carbonyl (C=O) groups excluding carboxylic acids is 1. The van der Waals surface area contributed by atoms with Gasteiger partial charge in [0.15, 0.2) is 0 Å². The average Bonchev–Trinajstić information content (AvgIpc) is 2.67. The summed E-state index contributed by atoms with van der Waals surface area (Å²) in [4.78, 5) is 28.8. The molecule has 3 aliphatic rings. The van der Waals surface area contributed by atoms with Crippen molar-refractivity contribution in [3.05, 3.63) is 17.6 Å². The Hall–Kier alpha value is -1.69. The van der Waals surface area contributed by atoms with Gasteiger partial charge in [-0.3, -0.25) is 4.79 Å². The summed E-state index contributed by atoms with van der Waals surface area (Å²) in [6, 6.07) is 0. The molecule has 0 radical (unpaired) electrons.